The summed E-state index contributed by atoms with van der Waals surface area (Å²) in [6.07, 6.45) is 13.2. The third kappa shape index (κ3) is 19.7. The van der Waals surface area contributed by atoms with Gasteiger partial charge in [-0.3, -0.25) is 28.9 Å². The molecule has 0 fully saturated rings. The molecule has 11 aromatic rings. The number of nitrogens with one attached hydrogen (secondary N) is 4. The van der Waals surface area contributed by atoms with Gasteiger partial charge in [0.15, 0.2) is 52.0 Å². The third-order valence-corrected chi connectivity index (χ3v) is 20.5. The normalized spacial score (nSPS) is 12.7. The first-order valence-corrected chi connectivity index (χ1v) is 39.4. The Morgan fingerprint density at radius 2 is 1.20 bits per heavy atom. The quantitative estimate of drug-likeness (QED) is 0.00742. The number of hydrogen-bond acceptors (Lipinski definition) is 19. The molecule has 3 unspecified atom stereocenters. The highest BCUT2D eigenvalue weighted by Crippen LogP contribution is 2.40. The van der Waals surface area contributed by atoms with Gasteiger partial charge in [0, 0.05) is 27.5 Å². The van der Waals surface area contributed by atoms with Crippen LogP contribution in [0.3, 0.4) is 0 Å². The van der Waals surface area contributed by atoms with E-state index < -0.39 is 72.5 Å². The van der Waals surface area contributed by atoms with Crippen LogP contribution in [0.1, 0.15) is 146 Å². The number of esters is 1. The molecule has 0 aliphatic rings. The number of halogens is 3. The molecule has 7 aromatic carbocycles. The standard InChI is InChI=1S/C41H52ClFN8O6S2.C34H29FN8O4S/c1-6-8-9-10-11-12-13-14-15-16-25-57-41(52)30-19-23-34(42)33(26-30)37(7-2)50-39(29-17-20-31(21-18-29)49-58(5,53)54)48-51-40(50)38(28(3)47-51)46-45-36-24-22-32(27-35(36)43)59(55,56)44-4;1-21-12-10-11-17-28(21)36-33(45)31(32(44)24-13-6-4-7-14-24)42-23(3)40-43-34(42)30(22(2)39-43)38-37-29-19-18-26(20-27(29)35)48(46)47-41-25-15-8-5-9-16-25/h17-24,26-27,37,44,49H,6-16,25H2,1-5H3;4-20,31,41H,1-3H3,(H,36,45). The number of carbonyl (C=O) groups excluding carboxylic acids is 3. The monoisotopic (exact) mass is 1530 g/mol. The minimum atomic E-state index is -3.90. The Bertz CT molecular complexity index is 5330. The van der Waals surface area contributed by atoms with Crippen LogP contribution in [0.25, 0.3) is 22.7 Å². The van der Waals surface area contributed by atoms with E-state index in [2.05, 4.69) is 62.9 Å². The molecule has 0 aliphatic carbocycles. The van der Waals surface area contributed by atoms with E-state index in [1.165, 1.54) is 90.1 Å². The molecule has 4 N–H and O–H groups in total. The minimum absolute atomic E-state index is 0.0645. The Balaban J connectivity index is 0.000000233. The van der Waals surface area contributed by atoms with Gasteiger partial charge in [-0.1, -0.05) is 150 Å². The number of carbonyl (C=O) groups is 3. The zero-order chi connectivity index (χ0) is 76.5. The van der Waals surface area contributed by atoms with Gasteiger partial charge in [-0.05, 0) is 156 Å². The number of Topliss-reactive ketones (excluding diaryl/α,β-unsaturated/α-hetero) is 1. The summed E-state index contributed by atoms with van der Waals surface area (Å²) in [5.74, 6) is -2.54. The van der Waals surface area contributed by atoms with E-state index >= 15 is 8.78 Å². The topological polar surface area (TPSA) is 323 Å². The van der Waals surface area contributed by atoms with Crippen LogP contribution >= 0.6 is 11.6 Å². The second-order valence-electron chi connectivity index (χ2n) is 25.1. The summed E-state index contributed by atoms with van der Waals surface area (Å²) in [5.41, 5.74) is 8.09. The molecule has 0 spiro atoms. The van der Waals surface area contributed by atoms with Gasteiger partial charge in [0.1, 0.15) is 17.2 Å². The zero-order valence-corrected chi connectivity index (χ0v) is 63.2. The average Bonchev–Trinajstić information content (AvgIpc) is 1.59. The summed E-state index contributed by atoms with van der Waals surface area (Å²) in [6, 6.07) is 41.2. The first-order chi connectivity index (χ1) is 51.4. The van der Waals surface area contributed by atoms with Gasteiger partial charge in [-0.2, -0.15) is 14.5 Å². The number of ketones is 1. The van der Waals surface area contributed by atoms with Gasteiger partial charge in [-0.15, -0.1) is 39.9 Å². The largest absolute Gasteiger partial charge is 0.462 e. The average molecular weight is 1540 g/mol. The van der Waals surface area contributed by atoms with Crippen LogP contribution in [-0.2, 0) is 44.9 Å². The van der Waals surface area contributed by atoms with Crippen LogP contribution in [0, 0.1) is 39.3 Å². The molecule has 11 rings (SSSR count). The van der Waals surface area contributed by atoms with Crippen molar-refractivity contribution in [1.29, 1.82) is 0 Å². The molecule has 0 radical (unpaired) electrons. The van der Waals surface area contributed by atoms with Crippen molar-refractivity contribution in [2.45, 2.75) is 134 Å². The maximum absolute atomic E-state index is 15.2. The third-order valence-electron chi connectivity index (χ3n) is 17.3. The van der Waals surface area contributed by atoms with Gasteiger partial charge in [0.2, 0.25) is 31.1 Å². The van der Waals surface area contributed by atoms with Crippen molar-refractivity contribution in [1.82, 2.24) is 43.5 Å². The van der Waals surface area contributed by atoms with Crippen molar-refractivity contribution in [3.63, 3.8) is 0 Å². The summed E-state index contributed by atoms with van der Waals surface area (Å²) in [6.45, 7) is 11.3. The highest BCUT2D eigenvalue weighted by atomic mass is 35.5. The number of benzene rings is 7. The van der Waals surface area contributed by atoms with E-state index in [-0.39, 0.29) is 38.2 Å². The Hall–Kier alpha value is -10.6. The lowest BCUT2D eigenvalue weighted by molar-refractivity contribution is -0.118. The summed E-state index contributed by atoms with van der Waals surface area (Å²) < 4.78 is 113. The van der Waals surface area contributed by atoms with Crippen molar-refractivity contribution < 1.29 is 53.2 Å². The van der Waals surface area contributed by atoms with Crippen molar-refractivity contribution in [3.05, 3.63) is 220 Å². The number of aryl methyl sites for hydroxylation is 4. The highest BCUT2D eigenvalue weighted by Gasteiger charge is 2.35. The van der Waals surface area contributed by atoms with Gasteiger partial charge in [-0.25, -0.2) is 39.3 Å². The van der Waals surface area contributed by atoms with E-state index in [1.54, 1.807) is 130 Å². The van der Waals surface area contributed by atoms with Crippen molar-refractivity contribution in [3.8, 4) is 11.4 Å². The fraction of sp³-hybridized carbons (Fsp3) is 0.293. The number of hydrogen-bond donors (Lipinski definition) is 4. The Labute approximate surface area is 625 Å². The number of azo groups is 2. The number of fused-ring (bicyclic) bond motifs is 2. The molecule has 0 saturated carbocycles. The number of rotatable bonds is 33. The van der Waals surface area contributed by atoms with Crippen molar-refractivity contribution in [2.75, 3.05) is 35.4 Å². The lowest BCUT2D eigenvalue weighted by atomic mass is 10.0. The van der Waals surface area contributed by atoms with E-state index in [9.17, 15) is 35.4 Å². The maximum atomic E-state index is 15.2. The van der Waals surface area contributed by atoms with E-state index in [4.69, 9.17) is 25.7 Å². The van der Waals surface area contributed by atoms with E-state index in [1.807, 2.05) is 36.6 Å². The van der Waals surface area contributed by atoms with E-state index in [0.717, 1.165) is 43.2 Å². The smallest absolute Gasteiger partial charge is 0.338 e. The van der Waals surface area contributed by atoms with Gasteiger partial charge in [0.05, 0.1) is 51.3 Å². The highest BCUT2D eigenvalue weighted by molar-refractivity contribution is 7.92. The predicted molar refractivity (Wildman–Crippen MR) is 407 cm³/mol. The number of sulfonamides is 2. The van der Waals surface area contributed by atoms with Crippen molar-refractivity contribution >= 4 is 111 Å². The number of ether oxygens (including phenoxy) is 1. The van der Waals surface area contributed by atoms with Gasteiger partial charge < -0.3 is 10.1 Å². The summed E-state index contributed by atoms with van der Waals surface area (Å²) in [4.78, 5) is 41.2. The fourth-order valence-electron chi connectivity index (χ4n) is 11.8. The molecule has 0 bridgehead atoms. The Morgan fingerprint density at radius 3 is 1.79 bits per heavy atom. The number of anilines is 3. The lowest BCUT2D eigenvalue weighted by Gasteiger charge is -2.22. The van der Waals surface area contributed by atoms with Crippen molar-refractivity contribution in [2.24, 2.45) is 20.5 Å². The SMILES string of the molecule is CCCCCCCCCCCCOC(=O)c1ccc(Cl)c(C(CC)n2c(-c3ccc(NS(C)(=O)=O)cc3)nn3nc(C)c(N=Nc4ccc(S(=O)(=O)NC)cc4F)c23)c1.Cc1ccccc1NC(=O)C(C(=O)c1ccccc1)n1c(C)nn2nc(C)c(N=Nc3ccc(S(=O)ONc4ccccc4)cc3F)c12. The summed E-state index contributed by atoms with van der Waals surface area (Å²) in [7, 11) is -6.20. The lowest BCUT2D eigenvalue weighted by Crippen LogP contribution is -2.33. The molecule has 1 amide bonds. The van der Waals surface area contributed by atoms with E-state index in [0.29, 0.717) is 86.1 Å². The molecule has 560 valence electrons. The second-order valence-corrected chi connectivity index (χ2v) is 30.2. The number of para-hydroxylation sites is 2. The zero-order valence-electron chi connectivity index (χ0n) is 60.0. The first-order valence-electron chi connectivity index (χ1n) is 34.6. The molecule has 4 aromatic heterocycles. The first kappa shape index (κ1) is 79.0. The Kier molecular flexibility index (Phi) is 26.7. The number of unbranched alkanes of at least 4 members (excludes halogenated alkanes) is 9. The van der Waals surface area contributed by atoms with Gasteiger partial charge in [0.25, 0.3) is 5.91 Å². The van der Waals surface area contributed by atoms with Crippen LogP contribution in [0.2, 0.25) is 5.02 Å². The number of amides is 1. The van der Waals surface area contributed by atoms with Gasteiger partial charge >= 0.3 is 5.97 Å². The molecule has 107 heavy (non-hydrogen) atoms. The summed E-state index contributed by atoms with van der Waals surface area (Å²) in [5, 5.41) is 38.5. The molecule has 4 heterocycles. The van der Waals surface area contributed by atoms with Crippen LogP contribution in [0.4, 0.5) is 48.6 Å². The molecule has 0 aliphatic heterocycles. The minimum Gasteiger partial charge on any atom is -0.462 e. The number of nitrogens with zero attached hydrogens (tertiary/aromatic N) is 12. The van der Waals surface area contributed by atoms with Crippen LogP contribution in [-0.4, -0.2) is 97.4 Å². The molecule has 3 atom stereocenters. The molecule has 26 nitrogen and oxygen atoms in total. The maximum Gasteiger partial charge on any atom is 0.338 e. The van der Waals surface area contributed by atoms with Crippen LogP contribution < -0.4 is 20.2 Å². The fourth-order valence-corrected chi connectivity index (χ4v) is 14.0. The molecule has 0 saturated heterocycles. The van der Waals surface area contributed by atoms with Crippen LogP contribution in [0.5, 0.6) is 0 Å². The Morgan fingerprint density at radius 1 is 0.617 bits per heavy atom. The summed E-state index contributed by atoms with van der Waals surface area (Å²) >= 11 is 4.88. The molecular formula is C75H81ClF2N16O10S3. The second kappa shape index (κ2) is 36.1. The number of aromatic nitrogens is 8. The van der Waals surface area contributed by atoms with Crippen LogP contribution in [0.15, 0.2) is 194 Å². The molecular weight excluding hydrogens is 1450 g/mol. The predicted octanol–water partition coefficient (Wildman–Crippen LogP) is 17.2. The molecule has 32 heteroatoms.